The molecule has 21 heavy (non-hydrogen) atoms. The molecule has 2 unspecified atom stereocenters. The summed E-state index contributed by atoms with van der Waals surface area (Å²) in [5.41, 5.74) is 0. The predicted octanol–water partition coefficient (Wildman–Crippen LogP) is 1.85. The van der Waals surface area contributed by atoms with Gasteiger partial charge in [-0.15, -0.1) is 11.8 Å². The fourth-order valence-electron chi connectivity index (χ4n) is 2.08. The van der Waals surface area contributed by atoms with E-state index < -0.39 is 6.10 Å². The van der Waals surface area contributed by atoms with Crippen molar-refractivity contribution in [1.82, 2.24) is 10.1 Å². The van der Waals surface area contributed by atoms with Crippen LogP contribution in [0.1, 0.15) is 17.8 Å². The lowest BCUT2D eigenvalue weighted by Gasteiger charge is -2.22. The smallest absolute Gasteiger partial charge is 0.229 e. The number of methoxy groups -OCH3 is 1. The molecular weight excluding hydrogens is 292 g/mol. The standard InChI is InChI=1S/C14H16N2O4S/c1-18-7-9(17)6-13-15-14(16-20-13)11-8-21-12-5-3-2-4-10(12)19-11/h2-5,9,11,17H,6-8H2,1H3. The van der Waals surface area contributed by atoms with E-state index in [-0.39, 0.29) is 19.1 Å². The van der Waals surface area contributed by atoms with Crippen molar-refractivity contribution in [3.8, 4) is 5.75 Å². The van der Waals surface area contributed by atoms with Crippen molar-refractivity contribution in [3.63, 3.8) is 0 Å². The molecule has 1 N–H and O–H groups in total. The molecule has 7 heteroatoms. The zero-order valence-electron chi connectivity index (χ0n) is 11.6. The van der Waals surface area contributed by atoms with Gasteiger partial charge in [0.2, 0.25) is 11.7 Å². The Balaban J connectivity index is 1.67. The van der Waals surface area contributed by atoms with Crippen LogP contribution in [0.5, 0.6) is 5.75 Å². The first-order valence-corrected chi connectivity index (χ1v) is 7.63. The van der Waals surface area contributed by atoms with E-state index >= 15 is 0 Å². The Hall–Kier alpha value is -1.57. The molecule has 0 bridgehead atoms. The number of nitrogens with zero attached hydrogens (tertiary/aromatic N) is 2. The number of benzene rings is 1. The Morgan fingerprint density at radius 3 is 3.19 bits per heavy atom. The fourth-order valence-corrected chi connectivity index (χ4v) is 3.06. The molecule has 0 aliphatic carbocycles. The van der Waals surface area contributed by atoms with Crippen LogP contribution in [0.25, 0.3) is 0 Å². The first-order valence-electron chi connectivity index (χ1n) is 6.64. The van der Waals surface area contributed by atoms with Gasteiger partial charge in [0, 0.05) is 17.8 Å². The van der Waals surface area contributed by atoms with Gasteiger partial charge >= 0.3 is 0 Å². The molecular formula is C14H16N2O4S. The number of thioether (sulfide) groups is 1. The van der Waals surface area contributed by atoms with E-state index in [0.717, 1.165) is 16.4 Å². The molecule has 2 aromatic rings. The van der Waals surface area contributed by atoms with Gasteiger partial charge in [-0.05, 0) is 12.1 Å². The van der Waals surface area contributed by atoms with Gasteiger partial charge in [0.25, 0.3) is 0 Å². The molecule has 112 valence electrons. The number of aromatic nitrogens is 2. The van der Waals surface area contributed by atoms with Crippen molar-refractivity contribution in [2.24, 2.45) is 0 Å². The highest BCUT2D eigenvalue weighted by molar-refractivity contribution is 7.99. The van der Waals surface area contributed by atoms with Crippen molar-refractivity contribution in [2.75, 3.05) is 19.5 Å². The molecule has 0 fully saturated rings. The minimum atomic E-state index is -0.648. The SMILES string of the molecule is COCC(O)Cc1nc(C2CSc3ccccc3O2)no1. The van der Waals surface area contributed by atoms with Crippen molar-refractivity contribution >= 4 is 11.8 Å². The number of rotatable bonds is 5. The molecule has 0 radical (unpaired) electrons. The topological polar surface area (TPSA) is 77.6 Å². The maximum absolute atomic E-state index is 9.66. The number of hydrogen-bond donors (Lipinski definition) is 1. The van der Waals surface area contributed by atoms with Crippen LogP contribution in [0.3, 0.4) is 0 Å². The maximum Gasteiger partial charge on any atom is 0.229 e. The Morgan fingerprint density at radius 1 is 1.48 bits per heavy atom. The summed E-state index contributed by atoms with van der Waals surface area (Å²) in [6.45, 7) is 0.237. The minimum absolute atomic E-state index is 0.234. The zero-order valence-corrected chi connectivity index (χ0v) is 12.4. The van der Waals surface area contributed by atoms with Crippen molar-refractivity contribution in [3.05, 3.63) is 36.0 Å². The summed E-state index contributed by atoms with van der Waals surface area (Å²) in [7, 11) is 1.53. The van der Waals surface area contributed by atoms with Gasteiger partial charge in [0.15, 0.2) is 6.10 Å². The van der Waals surface area contributed by atoms with Crippen molar-refractivity contribution < 1.29 is 19.1 Å². The number of hydrogen-bond acceptors (Lipinski definition) is 7. The average molecular weight is 308 g/mol. The first kappa shape index (κ1) is 14.4. The molecule has 1 aliphatic heterocycles. The second kappa shape index (κ2) is 6.46. The van der Waals surface area contributed by atoms with Gasteiger partial charge in [0.05, 0.1) is 19.1 Å². The van der Waals surface area contributed by atoms with Crippen LogP contribution >= 0.6 is 11.8 Å². The molecule has 3 rings (SSSR count). The normalized spacial score (nSPS) is 18.9. The highest BCUT2D eigenvalue weighted by Gasteiger charge is 2.26. The highest BCUT2D eigenvalue weighted by Crippen LogP contribution is 2.39. The summed E-state index contributed by atoms with van der Waals surface area (Å²) in [5.74, 6) is 2.47. The molecule has 1 aromatic carbocycles. The van der Waals surface area contributed by atoms with Crippen molar-refractivity contribution in [2.45, 2.75) is 23.5 Å². The highest BCUT2D eigenvalue weighted by atomic mass is 32.2. The van der Waals surface area contributed by atoms with Gasteiger partial charge in [-0.3, -0.25) is 0 Å². The second-order valence-electron chi connectivity index (χ2n) is 4.72. The quantitative estimate of drug-likeness (QED) is 0.903. The number of fused-ring (bicyclic) bond motifs is 1. The van der Waals surface area contributed by atoms with E-state index in [9.17, 15) is 5.11 Å². The monoisotopic (exact) mass is 308 g/mol. The van der Waals surface area contributed by atoms with Crippen molar-refractivity contribution in [1.29, 1.82) is 0 Å². The largest absolute Gasteiger partial charge is 0.480 e. The summed E-state index contributed by atoms with van der Waals surface area (Å²) in [4.78, 5) is 5.42. The van der Waals surface area contributed by atoms with E-state index in [1.165, 1.54) is 7.11 Å². The average Bonchev–Trinajstić information content (AvgIpc) is 2.95. The Labute approximate surface area is 126 Å². The fraction of sp³-hybridized carbons (Fsp3) is 0.429. The van der Waals surface area contributed by atoms with E-state index in [1.54, 1.807) is 11.8 Å². The Morgan fingerprint density at radius 2 is 2.33 bits per heavy atom. The number of ether oxygens (including phenoxy) is 2. The van der Waals surface area contributed by atoms with Crippen LogP contribution in [0, 0.1) is 0 Å². The number of para-hydroxylation sites is 1. The lowest BCUT2D eigenvalue weighted by molar-refractivity contribution is 0.0599. The third-order valence-electron chi connectivity index (χ3n) is 3.05. The molecule has 1 aromatic heterocycles. The van der Waals surface area contributed by atoms with Gasteiger partial charge in [-0.1, -0.05) is 17.3 Å². The van der Waals surface area contributed by atoms with Crippen LogP contribution < -0.4 is 4.74 Å². The molecule has 2 heterocycles. The van der Waals surface area contributed by atoms with Gasteiger partial charge in [-0.25, -0.2) is 0 Å². The van der Waals surface area contributed by atoms with E-state index in [1.807, 2.05) is 24.3 Å². The summed E-state index contributed by atoms with van der Waals surface area (Å²) in [6, 6.07) is 7.88. The summed E-state index contributed by atoms with van der Waals surface area (Å²) >= 11 is 1.71. The lowest BCUT2D eigenvalue weighted by atomic mass is 10.2. The number of aliphatic hydroxyl groups excluding tert-OH is 1. The molecule has 0 saturated carbocycles. The van der Waals surface area contributed by atoms with E-state index in [2.05, 4.69) is 10.1 Å². The first-order chi connectivity index (χ1) is 10.3. The Kier molecular flexibility index (Phi) is 4.42. The molecule has 6 nitrogen and oxygen atoms in total. The molecule has 0 amide bonds. The summed E-state index contributed by atoms with van der Waals surface area (Å²) in [5, 5.41) is 13.6. The number of aliphatic hydroxyl groups is 1. The van der Waals surface area contributed by atoms with E-state index in [0.29, 0.717) is 11.7 Å². The molecule has 0 spiro atoms. The summed E-state index contributed by atoms with van der Waals surface area (Å²) < 4.78 is 15.9. The van der Waals surface area contributed by atoms with Crippen LogP contribution in [-0.4, -0.2) is 40.8 Å². The lowest BCUT2D eigenvalue weighted by Crippen LogP contribution is -2.18. The van der Waals surface area contributed by atoms with Gasteiger partial charge < -0.3 is 19.1 Å². The third-order valence-corrected chi connectivity index (χ3v) is 4.17. The van der Waals surface area contributed by atoms with Gasteiger partial charge in [-0.2, -0.15) is 4.98 Å². The molecule has 0 saturated heterocycles. The Bertz CT molecular complexity index is 604. The maximum atomic E-state index is 9.66. The minimum Gasteiger partial charge on any atom is -0.480 e. The molecule has 2 atom stereocenters. The van der Waals surface area contributed by atoms with Gasteiger partial charge in [0.1, 0.15) is 5.75 Å². The third kappa shape index (κ3) is 3.37. The van der Waals surface area contributed by atoms with Crippen LogP contribution in [0.2, 0.25) is 0 Å². The predicted molar refractivity (Wildman–Crippen MR) is 76.4 cm³/mol. The zero-order chi connectivity index (χ0) is 14.7. The van der Waals surface area contributed by atoms with Crippen LogP contribution in [-0.2, 0) is 11.2 Å². The van der Waals surface area contributed by atoms with E-state index in [4.69, 9.17) is 14.0 Å². The second-order valence-corrected chi connectivity index (χ2v) is 5.79. The summed E-state index contributed by atoms with van der Waals surface area (Å²) in [6.07, 6.45) is -0.607. The van der Waals surface area contributed by atoms with Crippen LogP contribution in [0.4, 0.5) is 0 Å². The molecule has 1 aliphatic rings. The van der Waals surface area contributed by atoms with Crippen LogP contribution in [0.15, 0.2) is 33.7 Å².